The third-order valence-electron chi connectivity index (χ3n) is 2.83. The molecule has 5 nitrogen and oxygen atoms in total. The zero-order valence-corrected chi connectivity index (χ0v) is 13.8. The summed E-state index contributed by atoms with van der Waals surface area (Å²) in [4.78, 5) is 25.3. The molecule has 0 spiro atoms. The van der Waals surface area contributed by atoms with Crippen molar-refractivity contribution >= 4 is 50.5 Å². The Morgan fingerprint density at radius 1 is 1.14 bits per heavy atom. The molecule has 2 aromatic heterocycles. The van der Waals surface area contributed by atoms with E-state index in [4.69, 9.17) is 0 Å². The highest BCUT2D eigenvalue weighted by Gasteiger charge is 2.08. The third kappa shape index (κ3) is 3.61. The van der Waals surface area contributed by atoms with Crippen LogP contribution in [0.3, 0.4) is 0 Å². The highest BCUT2D eigenvalue weighted by Crippen LogP contribution is 2.26. The van der Waals surface area contributed by atoms with E-state index in [1.165, 1.54) is 11.8 Å². The smallest absolute Gasteiger partial charge is 0.237 e. The standard InChI is InChI=1S/C15H11BrN4OS/c16-11-7-18-15(19-8-11)20-13(21)9-22-12-5-1-3-10-4-2-6-17-14(10)12/h1-8H,9H2,(H,18,19,20,21). The molecule has 3 rings (SSSR count). The van der Waals surface area contributed by atoms with Crippen molar-refractivity contribution < 1.29 is 4.79 Å². The summed E-state index contributed by atoms with van der Waals surface area (Å²) in [7, 11) is 0. The lowest BCUT2D eigenvalue weighted by Gasteiger charge is -2.06. The zero-order chi connectivity index (χ0) is 15.4. The van der Waals surface area contributed by atoms with E-state index in [-0.39, 0.29) is 11.7 Å². The fourth-order valence-corrected chi connectivity index (χ4v) is 2.92. The van der Waals surface area contributed by atoms with Crippen LogP contribution in [-0.4, -0.2) is 26.6 Å². The monoisotopic (exact) mass is 374 g/mol. The van der Waals surface area contributed by atoms with Gasteiger partial charge in [-0.15, -0.1) is 11.8 Å². The van der Waals surface area contributed by atoms with Gasteiger partial charge in [0.1, 0.15) is 0 Å². The molecule has 0 aliphatic carbocycles. The fourth-order valence-electron chi connectivity index (χ4n) is 1.87. The summed E-state index contributed by atoms with van der Waals surface area (Å²) in [6, 6.07) is 9.82. The second kappa shape index (κ2) is 6.85. The van der Waals surface area contributed by atoms with Gasteiger partial charge in [0.15, 0.2) is 0 Å². The van der Waals surface area contributed by atoms with Crippen LogP contribution in [0.2, 0.25) is 0 Å². The second-order valence-corrected chi connectivity index (χ2v) is 6.33. The number of hydrogen-bond acceptors (Lipinski definition) is 5. The average molecular weight is 375 g/mol. The van der Waals surface area contributed by atoms with Gasteiger partial charge in [0.2, 0.25) is 11.9 Å². The molecule has 1 N–H and O–H groups in total. The van der Waals surface area contributed by atoms with E-state index in [1.54, 1.807) is 18.6 Å². The van der Waals surface area contributed by atoms with E-state index in [9.17, 15) is 4.79 Å². The number of amides is 1. The number of nitrogens with one attached hydrogen (secondary N) is 1. The first-order valence-electron chi connectivity index (χ1n) is 6.46. The maximum Gasteiger partial charge on any atom is 0.237 e. The first kappa shape index (κ1) is 14.9. The first-order chi connectivity index (χ1) is 10.7. The van der Waals surface area contributed by atoms with Crippen molar-refractivity contribution in [2.24, 2.45) is 0 Å². The van der Waals surface area contributed by atoms with E-state index in [2.05, 4.69) is 36.2 Å². The van der Waals surface area contributed by atoms with Crippen molar-refractivity contribution in [3.05, 3.63) is 53.4 Å². The van der Waals surface area contributed by atoms with E-state index in [0.29, 0.717) is 5.95 Å². The molecule has 22 heavy (non-hydrogen) atoms. The molecule has 7 heteroatoms. The Bertz CT molecular complexity index is 805. The lowest BCUT2D eigenvalue weighted by Crippen LogP contribution is -2.16. The van der Waals surface area contributed by atoms with Crippen LogP contribution in [0.25, 0.3) is 10.9 Å². The van der Waals surface area contributed by atoms with Gasteiger partial charge in [0, 0.05) is 28.9 Å². The first-order valence-corrected chi connectivity index (χ1v) is 8.24. The Hall–Kier alpha value is -1.99. The molecule has 110 valence electrons. The number of pyridine rings is 1. The minimum Gasteiger partial charge on any atom is -0.294 e. The van der Waals surface area contributed by atoms with Crippen molar-refractivity contribution in [2.45, 2.75) is 4.90 Å². The minimum atomic E-state index is -0.153. The number of hydrogen-bond donors (Lipinski definition) is 1. The number of benzene rings is 1. The Morgan fingerprint density at radius 2 is 1.91 bits per heavy atom. The average Bonchev–Trinajstić information content (AvgIpc) is 2.55. The largest absolute Gasteiger partial charge is 0.294 e. The van der Waals surface area contributed by atoms with Gasteiger partial charge < -0.3 is 0 Å². The molecule has 0 atom stereocenters. The molecule has 0 aliphatic heterocycles. The highest BCUT2D eigenvalue weighted by molar-refractivity contribution is 9.10. The molecule has 2 heterocycles. The number of rotatable bonds is 4. The Morgan fingerprint density at radius 3 is 2.73 bits per heavy atom. The van der Waals surface area contributed by atoms with E-state index in [1.807, 2.05) is 30.3 Å². The van der Waals surface area contributed by atoms with Gasteiger partial charge in [0.05, 0.1) is 15.7 Å². The number of aromatic nitrogens is 3. The van der Waals surface area contributed by atoms with Crippen molar-refractivity contribution in [1.29, 1.82) is 0 Å². The molecule has 0 bridgehead atoms. The predicted octanol–water partition coefficient (Wildman–Crippen LogP) is 3.52. The molecule has 0 radical (unpaired) electrons. The quantitative estimate of drug-likeness (QED) is 0.707. The predicted molar refractivity (Wildman–Crippen MR) is 90.8 cm³/mol. The number of fused-ring (bicyclic) bond motifs is 1. The SMILES string of the molecule is O=C(CSc1cccc2cccnc12)Nc1ncc(Br)cn1. The summed E-state index contributed by atoms with van der Waals surface area (Å²) < 4.78 is 0.765. The Labute approximate surface area is 139 Å². The van der Waals surface area contributed by atoms with Crippen LogP contribution in [0.1, 0.15) is 0 Å². The van der Waals surface area contributed by atoms with Crippen LogP contribution >= 0.6 is 27.7 Å². The summed E-state index contributed by atoms with van der Waals surface area (Å²) in [5, 5.41) is 3.72. The van der Waals surface area contributed by atoms with Gasteiger partial charge in [0.25, 0.3) is 0 Å². The number of nitrogens with zero attached hydrogens (tertiary/aromatic N) is 3. The van der Waals surface area contributed by atoms with Crippen molar-refractivity contribution in [3.8, 4) is 0 Å². The molecule has 3 aromatic rings. The molecule has 0 unspecified atom stereocenters. The summed E-state index contributed by atoms with van der Waals surface area (Å²) in [5.41, 5.74) is 0.905. The second-order valence-electron chi connectivity index (χ2n) is 4.39. The van der Waals surface area contributed by atoms with Gasteiger partial charge in [-0.2, -0.15) is 0 Å². The summed E-state index contributed by atoms with van der Waals surface area (Å²) in [6.07, 6.45) is 4.93. The molecule has 0 fully saturated rings. The summed E-state index contributed by atoms with van der Waals surface area (Å²) >= 11 is 4.69. The van der Waals surface area contributed by atoms with Gasteiger partial charge in [-0.25, -0.2) is 9.97 Å². The maximum absolute atomic E-state index is 12.0. The minimum absolute atomic E-state index is 0.153. The lowest BCUT2D eigenvalue weighted by atomic mass is 10.2. The number of halogens is 1. The number of anilines is 1. The van der Waals surface area contributed by atoms with Crippen LogP contribution in [0.15, 0.2) is 58.3 Å². The van der Waals surface area contributed by atoms with Gasteiger partial charge in [-0.05, 0) is 28.1 Å². The van der Waals surface area contributed by atoms with Crippen LogP contribution in [0, 0.1) is 0 Å². The Balaban J connectivity index is 1.66. The number of carbonyl (C=O) groups is 1. The lowest BCUT2D eigenvalue weighted by molar-refractivity contribution is -0.113. The molecule has 0 saturated heterocycles. The molecule has 1 aromatic carbocycles. The molecule has 0 saturated carbocycles. The number of thioether (sulfide) groups is 1. The van der Waals surface area contributed by atoms with Gasteiger partial charge in [-0.1, -0.05) is 18.2 Å². The van der Waals surface area contributed by atoms with Crippen LogP contribution in [-0.2, 0) is 4.79 Å². The Kier molecular flexibility index (Phi) is 4.65. The van der Waals surface area contributed by atoms with Crippen molar-refractivity contribution in [2.75, 3.05) is 11.1 Å². The van der Waals surface area contributed by atoms with Crippen molar-refractivity contribution in [3.63, 3.8) is 0 Å². The number of carbonyl (C=O) groups excluding carboxylic acids is 1. The van der Waals surface area contributed by atoms with E-state index >= 15 is 0 Å². The normalized spacial score (nSPS) is 10.6. The van der Waals surface area contributed by atoms with Gasteiger partial charge >= 0.3 is 0 Å². The van der Waals surface area contributed by atoms with Gasteiger partial charge in [-0.3, -0.25) is 15.1 Å². The molecular weight excluding hydrogens is 364 g/mol. The molecule has 1 amide bonds. The van der Waals surface area contributed by atoms with Crippen molar-refractivity contribution in [1.82, 2.24) is 15.0 Å². The fraction of sp³-hybridized carbons (Fsp3) is 0.0667. The molecular formula is C15H11BrN4OS. The van der Waals surface area contributed by atoms with E-state index in [0.717, 1.165) is 20.3 Å². The van der Waals surface area contributed by atoms with Crippen LogP contribution < -0.4 is 5.32 Å². The van der Waals surface area contributed by atoms with E-state index < -0.39 is 0 Å². The number of para-hydroxylation sites is 1. The summed E-state index contributed by atoms with van der Waals surface area (Å²) in [6.45, 7) is 0. The molecule has 0 aliphatic rings. The topological polar surface area (TPSA) is 67.8 Å². The highest BCUT2D eigenvalue weighted by atomic mass is 79.9. The third-order valence-corrected chi connectivity index (χ3v) is 4.28. The zero-order valence-electron chi connectivity index (χ0n) is 11.4. The summed E-state index contributed by atoms with van der Waals surface area (Å²) in [5.74, 6) is 0.417. The maximum atomic E-state index is 12.0. The van der Waals surface area contributed by atoms with Crippen LogP contribution in [0.5, 0.6) is 0 Å². The van der Waals surface area contributed by atoms with Crippen LogP contribution in [0.4, 0.5) is 5.95 Å².